The standard InChI is InChI=1S/C20H14ClN3O3S/c1-27-14-8-6-12(7-9-14)10-16-18(25)22-20-24(23-16)19(26)17(28-20)11-13-4-2-3-5-15(13)21/h2-9,11H,10H2,1H3/b17-11-. The lowest BCUT2D eigenvalue weighted by Gasteiger charge is -2.02. The van der Waals surface area contributed by atoms with Crippen molar-refractivity contribution in [2.75, 3.05) is 7.11 Å². The summed E-state index contributed by atoms with van der Waals surface area (Å²) in [6.07, 6.45) is 1.96. The summed E-state index contributed by atoms with van der Waals surface area (Å²) in [5, 5.41) is 4.79. The van der Waals surface area contributed by atoms with Crippen LogP contribution in [0.25, 0.3) is 11.0 Å². The van der Waals surface area contributed by atoms with Gasteiger partial charge < -0.3 is 4.74 Å². The number of aromatic nitrogens is 3. The molecule has 6 nitrogen and oxygen atoms in total. The van der Waals surface area contributed by atoms with Gasteiger partial charge in [-0.25, -0.2) is 0 Å². The minimum absolute atomic E-state index is 0.210. The Morgan fingerprint density at radius 1 is 1.14 bits per heavy atom. The van der Waals surface area contributed by atoms with E-state index in [2.05, 4.69) is 10.1 Å². The number of nitrogens with zero attached hydrogens (tertiary/aromatic N) is 3. The van der Waals surface area contributed by atoms with Crippen LogP contribution in [0.2, 0.25) is 5.02 Å². The van der Waals surface area contributed by atoms with E-state index in [9.17, 15) is 9.59 Å². The number of methoxy groups -OCH3 is 1. The van der Waals surface area contributed by atoms with Gasteiger partial charge in [0.25, 0.3) is 11.1 Å². The van der Waals surface area contributed by atoms with E-state index < -0.39 is 5.56 Å². The van der Waals surface area contributed by atoms with Gasteiger partial charge in [0, 0.05) is 11.4 Å². The number of halogens is 1. The van der Waals surface area contributed by atoms with E-state index in [-0.39, 0.29) is 22.6 Å². The quantitative estimate of drug-likeness (QED) is 0.515. The fourth-order valence-electron chi connectivity index (χ4n) is 2.72. The summed E-state index contributed by atoms with van der Waals surface area (Å²) in [5.74, 6) is 0.724. The molecule has 0 unspecified atom stereocenters. The largest absolute Gasteiger partial charge is 0.497 e. The average Bonchev–Trinajstić information content (AvgIpc) is 2.99. The molecule has 0 radical (unpaired) electrons. The highest BCUT2D eigenvalue weighted by Crippen LogP contribution is 2.15. The van der Waals surface area contributed by atoms with Crippen molar-refractivity contribution in [3.8, 4) is 5.75 Å². The summed E-state index contributed by atoms with van der Waals surface area (Å²) in [6.45, 7) is 0. The second-order valence-corrected chi connectivity index (χ2v) is 7.44. The zero-order chi connectivity index (χ0) is 19.7. The summed E-state index contributed by atoms with van der Waals surface area (Å²) in [6, 6.07) is 14.5. The zero-order valence-corrected chi connectivity index (χ0v) is 16.3. The van der Waals surface area contributed by atoms with Gasteiger partial charge in [-0.1, -0.05) is 53.3 Å². The summed E-state index contributed by atoms with van der Waals surface area (Å²) in [4.78, 5) is 29.4. The molecule has 0 bridgehead atoms. The highest BCUT2D eigenvalue weighted by molar-refractivity contribution is 7.15. The van der Waals surface area contributed by atoms with E-state index in [4.69, 9.17) is 16.3 Å². The maximum absolute atomic E-state index is 12.7. The van der Waals surface area contributed by atoms with Gasteiger partial charge in [-0.15, -0.1) is 0 Å². The molecule has 0 spiro atoms. The highest BCUT2D eigenvalue weighted by Gasteiger charge is 2.12. The predicted molar refractivity (Wildman–Crippen MR) is 109 cm³/mol. The van der Waals surface area contributed by atoms with Crippen molar-refractivity contribution in [3.05, 3.63) is 95.6 Å². The van der Waals surface area contributed by atoms with Crippen LogP contribution in [0.15, 0.2) is 58.1 Å². The van der Waals surface area contributed by atoms with Gasteiger partial charge in [0.05, 0.1) is 11.6 Å². The number of ether oxygens (including phenoxy) is 1. The van der Waals surface area contributed by atoms with Crippen molar-refractivity contribution >= 4 is 34.0 Å². The first-order valence-electron chi connectivity index (χ1n) is 8.37. The van der Waals surface area contributed by atoms with Crippen molar-refractivity contribution in [2.24, 2.45) is 0 Å². The molecule has 4 rings (SSSR count). The summed E-state index contributed by atoms with van der Waals surface area (Å²) >= 11 is 7.27. The van der Waals surface area contributed by atoms with E-state index >= 15 is 0 Å². The molecule has 2 aromatic carbocycles. The number of thiazole rings is 1. The van der Waals surface area contributed by atoms with Gasteiger partial charge in [-0.2, -0.15) is 14.6 Å². The van der Waals surface area contributed by atoms with Crippen LogP contribution in [0.4, 0.5) is 0 Å². The summed E-state index contributed by atoms with van der Waals surface area (Å²) in [5.41, 5.74) is 1.03. The summed E-state index contributed by atoms with van der Waals surface area (Å²) < 4.78 is 6.72. The molecule has 0 amide bonds. The molecule has 0 N–H and O–H groups in total. The van der Waals surface area contributed by atoms with Crippen molar-refractivity contribution in [1.29, 1.82) is 0 Å². The lowest BCUT2D eigenvalue weighted by Crippen LogP contribution is -2.28. The molecule has 0 aliphatic carbocycles. The first kappa shape index (κ1) is 18.3. The van der Waals surface area contributed by atoms with Crippen molar-refractivity contribution in [1.82, 2.24) is 14.6 Å². The maximum Gasteiger partial charge on any atom is 0.296 e. The van der Waals surface area contributed by atoms with Crippen LogP contribution in [-0.4, -0.2) is 21.7 Å². The van der Waals surface area contributed by atoms with Gasteiger partial charge in [0.1, 0.15) is 11.4 Å². The molecule has 140 valence electrons. The van der Waals surface area contributed by atoms with E-state index in [1.807, 2.05) is 30.3 Å². The average molecular weight is 412 g/mol. The second-order valence-electron chi connectivity index (χ2n) is 6.02. The second kappa shape index (κ2) is 7.53. The third-order valence-corrected chi connectivity index (χ3v) is 5.48. The Morgan fingerprint density at radius 3 is 2.61 bits per heavy atom. The number of fused-ring (bicyclic) bond motifs is 1. The number of benzene rings is 2. The van der Waals surface area contributed by atoms with E-state index in [1.165, 1.54) is 4.52 Å². The minimum Gasteiger partial charge on any atom is -0.497 e. The number of hydrogen-bond acceptors (Lipinski definition) is 6. The van der Waals surface area contributed by atoms with Crippen LogP contribution in [0.1, 0.15) is 16.8 Å². The third-order valence-electron chi connectivity index (χ3n) is 4.17. The van der Waals surface area contributed by atoms with Crippen molar-refractivity contribution in [2.45, 2.75) is 6.42 Å². The van der Waals surface area contributed by atoms with Crippen molar-refractivity contribution in [3.63, 3.8) is 0 Å². The van der Waals surface area contributed by atoms with Gasteiger partial charge >= 0.3 is 0 Å². The molecule has 0 aliphatic rings. The fourth-order valence-corrected chi connectivity index (χ4v) is 3.81. The van der Waals surface area contributed by atoms with Crippen LogP contribution in [-0.2, 0) is 6.42 Å². The lowest BCUT2D eigenvalue weighted by molar-refractivity contribution is 0.414. The molecule has 0 saturated heterocycles. The third kappa shape index (κ3) is 3.54. The first-order valence-corrected chi connectivity index (χ1v) is 9.56. The van der Waals surface area contributed by atoms with Gasteiger partial charge in [0.2, 0.25) is 4.96 Å². The molecular weight excluding hydrogens is 398 g/mol. The molecule has 8 heteroatoms. The predicted octanol–water partition coefficient (Wildman–Crippen LogP) is 2.31. The number of hydrogen-bond donors (Lipinski definition) is 0. The van der Waals surface area contributed by atoms with Crippen LogP contribution in [0.5, 0.6) is 5.75 Å². The maximum atomic E-state index is 12.7. The number of rotatable bonds is 4. The smallest absolute Gasteiger partial charge is 0.296 e. The van der Waals surface area contributed by atoms with Crippen molar-refractivity contribution < 1.29 is 4.74 Å². The molecular formula is C20H14ClN3O3S. The topological polar surface area (TPSA) is 73.6 Å². The normalized spacial score (nSPS) is 11.9. The van der Waals surface area contributed by atoms with Crippen LogP contribution < -0.4 is 20.4 Å². The Balaban J connectivity index is 1.78. The van der Waals surface area contributed by atoms with E-state index in [1.54, 1.807) is 31.4 Å². The first-order chi connectivity index (χ1) is 13.5. The Hall–Kier alpha value is -3.03. The van der Waals surface area contributed by atoms with Gasteiger partial charge in [-0.3, -0.25) is 9.59 Å². The Labute approximate surface area is 168 Å². The Bertz CT molecular complexity index is 1330. The van der Waals surface area contributed by atoms with E-state index in [0.29, 0.717) is 15.1 Å². The van der Waals surface area contributed by atoms with E-state index in [0.717, 1.165) is 22.6 Å². The molecule has 28 heavy (non-hydrogen) atoms. The summed E-state index contributed by atoms with van der Waals surface area (Å²) in [7, 11) is 1.59. The molecule has 0 saturated carbocycles. The zero-order valence-electron chi connectivity index (χ0n) is 14.8. The lowest BCUT2D eigenvalue weighted by atomic mass is 10.1. The van der Waals surface area contributed by atoms with Gasteiger partial charge in [0.15, 0.2) is 0 Å². The molecule has 2 heterocycles. The highest BCUT2D eigenvalue weighted by atomic mass is 35.5. The molecule has 0 aliphatic heterocycles. The molecule has 4 aromatic rings. The monoisotopic (exact) mass is 411 g/mol. The van der Waals surface area contributed by atoms with Crippen LogP contribution in [0.3, 0.4) is 0 Å². The van der Waals surface area contributed by atoms with Crippen LogP contribution >= 0.6 is 22.9 Å². The fraction of sp³-hybridized carbons (Fsp3) is 0.100. The SMILES string of the molecule is COc1ccc(Cc2nn3c(=O)/c(=C/c4ccccc4Cl)sc3nc2=O)cc1. The Kier molecular flexibility index (Phi) is 4.93. The Morgan fingerprint density at radius 2 is 1.89 bits per heavy atom. The molecule has 0 atom stereocenters. The molecule has 2 aromatic heterocycles. The molecule has 0 fully saturated rings. The minimum atomic E-state index is -0.443. The van der Waals surface area contributed by atoms with Crippen LogP contribution in [0, 0.1) is 0 Å². The van der Waals surface area contributed by atoms with Gasteiger partial charge in [-0.05, 0) is 35.4 Å².